The number of furan rings is 2. The topological polar surface area (TPSA) is 126 Å². The van der Waals surface area contributed by atoms with Crippen molar-refractivity contribution in [3.05, 3.63) is 71.2 Å². The molecule has 4 rings (SSSR count). The predicted octanol–water partition coefficient (Wildman–Crippen LogP) is 5.09. The van der Waals surface area contributed by atoms with Gasteiger partial charge in [0.2, 0.25) is 0 Å². The number of nitrogen functional groups attached to an aromatic ring is 2. The van der Waals surface area contributed by atoms with E-state index < -0.39 is 0 Å². The van der Waals surface area contributed by atoms with Gasteiger partial charge in [0.1, 0.15) is 34.4 Å². The zero-order valence-electron chi connectivity index (χ0n) is 16.8. The molecule has 2 aromatic heterocycles. The molecule has 2 aromatic carbocycles. The lowest BCUT2D eigenvalue weighted by Gasteiger charge is -1.99. The third kappa shape index (κ3) is 4.38. The normalized spacial score (nSPS) is 11.3. The van der Waals surface area contributed by atoms with Gasteiger partial charge in [-0.05, 0) is 61.4 Å². The van der Waals surface area contributed by atoms with Crippen LogP contribution in [0.2, 0.25) is 0 Å². The summed E-state index contributed by atoms with van der Waals surface area (Å²) in [7, 11) is 0. The molecule has 2 heterocycles. The second-order valence-electron chi connectivity index (χ2n) is 7.67. The lowest BCUT2D eigenvalue weighted by molar-refractivity contribution is 0.508. The maximum Gasteiger partial charge on any atom is 0.134 e. The van der Waals surface area contributed by atoms with E-state index in [9.17, 15) is 0 Å². The second-order valence-corrected chi connectivity index (χ2v) is 7.67. The van der Waals surface area contributed by atoms with Crippen molar-refractivity contribution in [1.82, 2.24) is 0 Å². The van der Waals surface area contributed by atoms with Crippen molar-refractivity contribution >= 4 is 33.6 Å². The first-order chi connectivity index (χ1) is 14.5. The summed E-state index contributed by atoms with van der Waals surface area (Å²) in [5.41, 5.74) is 14.2. The maximum atomic E-state index is 7.54. The Balaban J connectivity index is 1.24. The molecule has 0 aliphatic rings. The molecule has 0 saturated carbocycles. The van der Waals surface area contributed by atoms with Crippen LogP contribution in [0.4, 0.5) is 0 Å². The average molecular weight is 402 g/mol. The minimum atomic E-state index is 0.0726. The van der Waals surface area contributed by atoms with Gasteiger partial charge in [0.05, 0.1) is 0 Å². The van der Waals surface area contributed by atoms with Crippen molar-refractivity contribution in [2.75, 3.05) is 0 Å². The molecule has 0 atom stereocenters. The fourth-order valence-electron chi connectivity index (χ4n) is 3.73. The highest BCUT2D eigenvalue weighted by atomic mass is 16.3. The summed E-state index contributed by atoms with van der Waals surface area (Å²) in [5, 5.41) is 17.1. The molecule has 4 aromatic rings. The van der Waals surface area contributed by atoms with Crippen molar-refractivity contribution < 1.29 is 8.83 Å². The van der Waals surface area contributed by atoms with Gasteiger partial charge in [0.15, 0.2) is 0 Å². The van der Waals surface area contributed by atoms with Gasteiger partial charge in [0, 0.05) is 34.7 Å². The molecule has 0 unspecified atom stereocenters. The Hall–Kier alpha value is -3.54. The number of hydrogen-bond acceptors (Lipinski definition) is 4. The molecule has 6 heteroatoms. The number of unbranched alkanes of at least 4 members (excludes halogenated alkanes) is 3. The van der Waals surface area contributed by atoms with Gasteiger partial charge in [-0.25, -0.2) is 0 Å². The quantitative estimate of drug-likeness (QED) is 0.177. The van der Waals surface area contributed by atoms with E-state index in [0.717, 1.165) is 83.1 Å². The summed E-state index contributed by atoms with van der Waals surface area (Å²) in [6, 6.07) is 15.3. The number of benzene rings is 2. The Morgan fingerprint density at radius 2 is 1.07 bits per heavy atom. The van der Waals surface area contributed by atoms with E-state index in [0.29, 0.717) is 0 Å². The van der Waals surface area contributed by atoms with Gasteiger partial charge < -0.3 is 20.3 Å². The third-order valence-electron chi connectivity index (χ3n) is 5.35. The van der Waals surface area contributed by atoms with E-state index in [4.69, 9.17) is 31.1 Å². The van der Waals surface area contributed by atoms with Crippen LogP contribution in [0, 0.1) is 10.8 Å². The Morgan fingerprint density at radius 3 is 1.47 bits per heavy atom. The first-order valence-corrected chi connectivity index (χ1v) is 10.2. The molecule has 0 aliphatic heterocycles. The van der Waals surface area contributed by atoms with Gasteiger partial charge in [-0.3, -0.25) is 10.8 Å². The Bertz CT molecular complexity index is 1120. The number of nitrogens with one attached hydrogen (secondary N) is 2. The van der Waals surface area contributed by atoms with Crippen LogP contribution >= 0.6 is 0 Å². The molecule has 154 valence electrons. The molecule has 0 saturated heterocycles. The van der Waals surface area contributed by atoms with Crippen LogP contribution in [0.15, 0.2) is 57.4 Å². The summed E-state index contributed by atoms with van der Waals surface area (Å²) in [6.45, 7) is 0. The molecular weight excluding hydrogens is 376 g/mol. The predicted molar refractivity (Wildman–Crippen MR) is 120 cm³/mol. The van der Waals surface area contributed by atoms with Crippen LogP contribution in [0.25, 0.3) is 21.9 Å². The van der Waals surface area contributed by atoms with E-state index in [2.05, 4.69) is 0 Å². The lowest BCUT2D eigenvalue weighted by Crippen LogP contribution is -2.10. The zero-order valence-corrected chi connectivity index (χ0v) is 16.8. The highest BCUT2D eigenvalue weighted by Crippen LogP contribution is 2.24. The van der Waals surface area contributed by atoms with Crippen LogP contribution in [-0.4, -0.2) is 11.7 Å². The molecule has 0 spiro atoms. The Kier molecular flexibility index (Phi) is 5.57. The Labute approximate surface area is 174 Å². The van der Waals surface area contributed by atoms with Crippen molar-refractivity contribution in [2.24, 2.45) is 11.5 Å². The van der Waals surface area contributed by atoms with E-state index in [1.165, 1.54) is 0 Å². The van der Waals surface area contributed by atoms with E-state index >= 15 is 0 Å². The number of amidine groups is 2. The number of rotatable bonds is 9. The highest BCUT2D eigenvalue weighted by Gasteiger charge is 2.08. The monoisotopic (exact) mass is 402 g/mol. The molecule has 0 amide bonds. The number of hydrogen-bond donors (Lipinski definition) is 4. The molecule has 30 heavy (non-hydrogen) atoms. The minimum absolute atomic E-state index is 0.0726. The smallest absolute Gasteiger partial charge is 0.134 e. The fourth-order valence-corrected chi connectivity index (χ4v) is 3.73. The number of nitrogens with two attached hydrogens (primary N) is 2. The second kappa shape index (κ2) is 8.45. The molecule has 6 nitrogen and oxygen atoms in total. The first-order valence-electron chi connectivity index (χ1n) is 10.2. The van der Waals surface area contributed by atoms with Crippen LogP contribution < -0.4 is 11.5 Å². The van der Waals surface area contributed by atoms with Gasteiger partial charge >= 0.3 is 0 Å². The molecule has 0 radical (unpaired) electrons. The summed E-state index contributed by atoms with van der Waals surface area (Å²) in [5.74, 6) is 2.10. The zero-order chi connectivity index (χ0) is 21.1. The number of aryl methyl sites for hydroxylation is 2. The van der Waals surface area contributed by atoms with Gasteiger partial charge in [0.25, 0.3) is 0 Å². The van der Waals surface area contributed by atoms with Gasteiger partial charge in [-0.1, -0.05) is 12.8 Å². The van der Waals surface area contributed by atoms with Crippen molar-refractivity contribution in [2.45, 2.75) is 38.5 Å². The van der Waals surface area contributed by atoms with Gasteiger partial charge in [-0.2, -0.15) is 0 Å². The summed E-state index contributed by atoms with van der Waals surface area (Å²) < 4.78 is 11.8. The third-order valence-corrected chi connectivity index (χ3v) is 5.35. The van der Waals surface area contributed by atoms with Crippen LogP contribution in [0.3, 0.4) is 0 Å². The highest BCUT2D eigenvalue weighted by molar-refractivity contribution is 5.99. The standard InChI is InChI=1S/C24H26N4O2/c25-23(26)15-7-9-21-17(11-15)13-19(29-21)5-3-1-2-4-6-20-14-18-12-16(24(27)28)8-10-22(18)30-20/h7-14H,1-6H2,(H3,25,26)(H3,27,28). The number of fused-ring (bicyclic) bond motifs is 2. The molecular formula is C24H26N4O2. The SMILES string of the molecule is N=C(N)c1ccc2oc(CCCCCCc3cc4cc(C(=N)N)ccc4o3)cc2c1. The summed E-state index contributed by atoms with van der Waals surface area (Å²) in [6.07, 6.45) is 6.21. The minimum Gasteiger partial charge on any atom is -0.461 e. The van der Waals surface area contributed by atoms with E-state index in [1.54, 1.807) is 0 Å². The van der Waals surface area contributed by atoms with Gasteiger partial charge in [-0.15, -0.1) is 0 Å². The average Bonchev–Trinajstić information content (AvgIpc) is 3.32. The van der Waals surface area contributed by atoms with Crippen molar-refractivity contribution in [3.63, 3.8) is 0 Å². The molecule has 0 bridgehead atoms. The van der Waals surface area contributed by atoms with Crippen LogP contribution in [0.1, 0.15) is 48.3 Å². The molecule has 0 aliphatic carbocycles. The largest absolute Gasteiger partial charge is 0.461 e. The maximum absolute atomic E-state index is 7.54. The molecule has 0 fully saturated rings. The first kappa shape index (κ1) is 19.8. The molecule has 6 N–H and O–H groups in total. The fraction of sp³-hybridized carbons (Fsp3) is 0.250. The summed E-state index contributed by atoms with van der Waals surface area (Å²) in [4.78, 5) is 0. The lowest BCUT2D eigenvalue weighted by atomic mass is 10.1. The Morgan fingerprint density at radius 1 is 0.633 bits per heavy atom. The van der Waals surface area contributed by atoms with E-state index in [1.807, 2.05) is 48.5 Å². The summed E-state index contributed by atoms with van der Waals surface area (Å²) >= 11 is 0. The van der Waals surface area contributed by atoms with Crippen LogP contribution in [0.5, 0.6) is 0 Å². The van der Waals surface area contributed by atoms with Crippen molar-refractivity contribution in [1.29, 1.82) is 10.8 Å². The van der Waals surface area contributed by atoms with E-state index in [-0.39, 0.29) is 11.7 Å². The van der Waals surface area contributed by atoms with Crippen LogP contribution in [-0.2, 0) is 12.8 Å². The van der Waals surface area contributed by atoms with Crippen molar-refractivity contribution in [3.8, 4) is 0 Å².